The van der Waals surface area contributed by atoms with Crippen molar-refractivity contribution in [3.63, 3.8) is 0 Å². The number of nitrogens with two attached hydrogens (primary N) is 1. The van der Waals surface area contributed by atoms with Gasteiger partial charge in [-0.1, -0.05) is 6.07 Å². The molecule has 0 fully saturated rings. The maximum Gasteiger partial charge on any atom is 0.169 e. The first-order valence-corrected chi connectivity index (χ1v) is 5.46. The zero-order valence-corrected chi connectivity index (χ0v) is 9.49. The highest BCUT2D eigenvalue weighted by molar-refractivity contribution is 5.82. The molecule has 1 aromatic carbocycles. The molecule has 0 bridgehead atoms. The highest BCUT2D eigenvalue weighted by atomic mass is 16.6. The topological polar surface area (TPSA) is 73.2 Å². The number of anilines is 1. The zero-order valence-electron chi connectivity index (χ0n) is 9.49. The van der Waals surface area contributed by atoms with Crippen LogP contribution in [0.5, 0.6) is 11.5 Å². The normalized spacial score (nSPS) is 13.7. The second-order valence-electron chi connectivity index (χ2n) is 3.98. The number of aryl methyl sites for hydroxylation is 1. The highest BCUT2D eigenvalue weighted by Gasteiger charge is 2.21. The number of nitrogens with one attached hydrogen (secondary N) is 1. The minimum Gasteiger partial charge on any atom is -0.486 e. The zero-order chi connectivity index (χ0) is 11.8. The summed E-state index contributed by atoms with van der Waals surface area (Å²) in [6.07, 6.45) is 1.70. The molecule has 0 atom stereocenters. The number of fused-ring (bicyclic) bond motifs is 1. The van der Waals surface area contributed by atoms with Gasteiger partial charge in [0.25, 0.3) is 0 Å². The Balaban J connectivity index is 2.25. The fourth-order valence-electron chi connectivity index (χ4n) is 2.04. The number of hydrogen-bond donors (Lipinski definition) is 2. The summed E-state index contributed by atoms with van der Waals surface area (Å²) >= 11 is 0. The van der Waals surface area contributed by atoms with Crippen molar-refractivity contribution in [3.05, 3.63) is 23.9 Å². The Bertz CT molecular complexity index is 563. The fourth-order valence-corrected chi connectivity index (χ4v) is 2.04. The fraction of sp³-hybridized carbons (Fsp3) is 0.250. The number of H-pyrrole nitrogens is 1. The summed E-state index contributed by atoms with van der Waals surface area (Å²) in [5, 5.41) is 6.67. The standard InChI is InChI=1S/C12H13N3O2/c1-7-2-3-9-11(17-5-4-16-9)10(7)8-6-14-15-12(8)13/h2-3,6H,4-5H2,1H3,(H3,13,14,15). The molecule has 88 valence electrons. The molecule has 0 saturated heterocycles. The number of aromatic nitrogens is 2. The molecule has 1 aromatic heterocycles. The summed E-state index contributed by atoms with van der Waals surface area (Å²) in [4.78, 5) is 0. The van der Waals surface area contributed by atoms with Gasteiger partial charge in [0, 0.05) is 11.1 Å². The number of hydrogen-bond acceptors (Lipinski definition) is 4. The van der Waals surface area contributed by atoms with Gasteiger partial charge in [-0.05, 0) is 18.6 Å². The molecule has 0 radical (unpaired) electrons. The van der Waals surface area contributed by atoms with Crippen LogP contribution in [0.3, 0.4) is 0 Å². The second kappa shape index (κ2) is 3.69. The molecule has 0 aliphatic carbocycles. The van der Waals surface area contributed by atoms with Crippen LogP contribution in [0.2, 0.25) is 0 Å². The van der Waals surface area contributed by atoms with Crippen molar-refractivity contribution < 1.29 is 9.47 Å². The summed E-state index contributed by atoms with van der Waals surface area (Å²) in [6, 6.07) is 3.92. The van der Waals surface area contributed by atoms with Crippen LogP contribution in [0, 0.1) is 6.92 Å². The lowest BCUT2D eigenvalue weighted by atomic mass is 10.0. The molecular formula is C12H13N3O2. The van der Waals surface area contributed by atoms with E-state index in [1.807, 2.05) is 19.1 Å². The van der Waals surface area contributed by atoms with Gasteiger partial charge in [-0.15, -0.1) is 0 Å². The van der Waals surface area contributed by atoms with E-state index in [0.29, 0.717) is 19.0 Å². The molecule has 0 saturated carbocycles. The van der Waals surface area contributed by atoms with Crippen molar-refractivity contribution in [1.82, 2.24) is 10.2 Å². The Hall–Kier alpha value is -2.17. The number of benzene rings is 1. The molecule has 2 heterocycles. The first-order chi connectivity index (χ1) is 8.27. The smallest absolute Gasteiger partial charge is 0.169 e. The maximum atomic E-state index is 5.86. The monoisotopic (exact) mass is 231 g/mol. The summed E-state index contributed by atoms with van der Waals surface area (Å²) in [5.74, 6) is 2.05. The molecular weight excluding hydrogens is 218 g/mol. The molecule has 1 aliphatic heterocycles. The van der Waals surface area contributed by atoms with Gasteiger partial charge in [0.2, 0.25) is 0 Å². The van der Waals surface area contributed by atoms with Crippen LogP contribution in [0.1, 0.15) is 5.56 Å². The summed E-state index contributed by atoms with van der Waals surface area (Å²) in [6.45, 7) is 3.15. The number of ether oxygens (including phenoxy) is 2. The van der Waals surface area contributed by atoms with Gasteiger partial charge in [-0.25, -0.2) is 0 Å². The molecule has 3 N–H and O–H groups in total. The van der Waals surface area contributed by atoms with Gasteiger partial charge in [0.1, 0.15) is 19.0 Å². The largest absolute Gasteiger partial charge is 0.486 e. The Morgan fingerprint density at radius 3 is 2.88 bits per heavy atom. The highest BCUT2D eigenvalue weighted by Crippen LogP contribution is 2.43. The Morgan fingerprint density at radius 2 is 2.12 bits per heavy atom. The van der Waals surface area contributed by atoms with E-state index in [4.69, 9.17) is 15.2 Å². The van der Waals surface area contributed by atoms with E-state index in [0.717, 1.165) is 28.2 Å². The second-order valence-corrected chi connectivity index (χ2v) is 3.98. The number of nitrogen functional groups attached to an aromatic ring is 1. The third kappa shape index (κ3) is 1.51. The van der Waals surface area contributed by atoms with E-state index in [-0.39, 0.29) is 0 Å². The number of nitrogens with zero attached hydrogens (tertiary/aromatic N) is 1. The minimum atomic E-state index is 0.538. The van der Waals surface area contributed by atoms with E-state index in [2.05, 4.69) is 10.2 Å². The van der Waals surface area contributed by atoms with E-state index < -0.39 is 0 Å². The average Bonchev–Trinajstić information content (AvgIpc) is 2.75. The lowest BCUT2D eigenvalue weighted by Gasteiger charge is -2.22. The third-order valence-electron chi connectivity index (χ3n) is 2.86. The van der Waals surface area contributed by atoms with E-state index in [1.54, 1.807) is 6.20 Å². The van der Waals surface area contributed by atoms with Gasteiger partial charge in [-0.2, -0.15) is 5.10 Å². The summed E-state index contributed by atoms with van der Waals surface area (Å²) in [5.41, 5.74) is 8.75. The quantitative estimate of drug-likeness (QED) is 0.784. The van der Waals surface area contributed by atoms with Gasteiger partial charge < -0.3 is 15.2 Å². The SMILES string of the molecule is Cc1ccc2c(c1-c1cn[nH]c1N)OCCO2. The Morgan fingerprint density at radius 1 is 1.29 bits per heavy atom. The molecule has 2 aromatic rings. The van der Waals surface area contributed by atoms with Crippen LogP contribution in [0.25, 0.3) is 11.1 Å². The van der Waals surface area contributed by atoms with Crippen molar-refractivity contribution in [2.24, 2.45) is 0 Å². The van der Waals surface area contributed by atoms with Gasteiger partial charge in [0.05, 0.1) is 6.20 Å². The molecule has 0 spiro atoms. The summed E-state index contributed by atoms with van der Waals surface area (Å²) < 4.78 is 11.3. The first-order valence-electron chi connectivity index (χ1n) is 5.46. The van der Waals surface area contributed by atoms with Crippen molar-refractivity contribution >= 4 is 5.82 Å². The van der Waals surface area contributed by atoms with Crippen LogP contribution < -0.4 is 15.2 Å². The van der Waals surface area contributed by atoms with Crippen molar-refractivity contribution in [1.29, 1.82) is 0 Å². The van der Waals surface area contributed by atoms with Crippen molar-refractivity contribution in [2.75, 3.05) is 18.9 Å². The van der Waals surface area contributed by atoms with Crippen LogP contribution in [-0.2, 0) is 0 Å². The molecule has 5 nitrogen and oxygen atoms in total. The molecule has 0 unspecified atom stereocenters. The Labute approximate surface area is 98.5 Å². The molecule has 1 aliphatic rings. The van der Waals surface area contributed by atoms with E-state index in [1.165, 1.54) is 0 Å². The van der Waals surface area contributed by atoms with E-state index in [9.17, 15) is 0 Å². The lowest BCUT2D eigenvalue weighted by molar-refractivity contribution is 0.172. The lowest BCUT2D eigenvalue weighted by Crippen LogP contribution is -2.16. The van der Waals surface area contributed by atoms with Crippen molar-refractivity contribution in [3.8, 4) is 22.6 Å². The summed E-state index contributed by atoms with van der Waals surface area (Å²) in [7, 11) is 0. The van der Waals surface area contributed by atoms with Gasteiger partial charge in [0.15, 0.2) is 11.5 Å². The molecule has 0 amide bonds. The van der Waals surface area contributed by atoms with Crippen molar-refractivity contribution in [2.45, 2.75) is 6.92 Å². The van der Waals surface area contributed by atoms with E-state index >= 15 is 0 Å². The predicted octanol–water partition coefficient (Wildman–Crippen LogP) is 1.74. The molecule has 3 rings (SSSR count). The first kappa shape index (κ1) is 10.0. The van der Waals surface area contributed by atoms with Gasteiger partial charge in [-0.3, -0.25) is 5.10 Å². The average molecular weight is 231 g/mol. The number of aromatic amines is 1. The van der Waals surface area contributed by atoms with Crippen LogP contribution in [0.15, 0.2) is 18.3 Å². The number of rotatable bonds is 1. The van der Waals surface area contributed by atoms with Crippen LogP contribution in [0.4, 0.5) is 5.82 Å². The third-order valence-corrected chi connectivity index (χ3v) is 2.86. The predicted molar refractivity (Wildman–Crippen MR) is 64.2 cm³/mol. The molecule has 5 heteroatoms. The minimum absolute atomic E-state index is 0.538. The van der Waals surface area contributed by atoms with Gasteiger partial charge >= 0.3 is 0 Å². The maximum absolute atomic E-state index is 5.86. The molecule has 17 heavy (non-hydrogen) atoms. The van der Waals surface area contributed by atoms with Crippen LogP contribution >= 0.6 is 0 Å². The Kier molecular flexibility index (Phi) is 2.18. The van der Waals surface area contributed by atoms with Crippen LogP contribution in [-0.4, -0.2) is 23.4 Å².